The Bertz CT molecular complexity index is 804. The molecule has 0 amide bonds. The molecule has 21 heavy (non-hydrogen) atoms. The zero-order valence-electron chi connectivity index (χ0n) is 10.9. The fraction of sp³-hybridized carbons (Fsp3) is 0.0588. The van der Waals surface area contributed by atoms with Crippen LogP contribution in [-0.4, -0.2) is 0 Å². The molecule has 3 aromatic rings. The molecule has 0 unspecified atom stereocenters. The lowest BCUT2D eigenvalue weighted by Gasteiger charge is -2.09. The Kier molecular flexibility index (Phi) is 4.13. The van der Waals surface area contributed by atoms with E-state index in [4.69, 9.17) is 16.3 Å². The van der Waals surface area contributed by atoms with E-state index in [1.165, 1.54) is 18.2 Å². The van der Waals surface area contributed by atoms with Gasteiger partial charge < -0.3 is 4.74 Å². The number of ether oxygens (including phenoxy) is 1. The standard InChI is InChI=1S/C17H11BrClFO/c18-14-3-1-12-9-16(5-2-11(12)7-14)21-10-13-8-15(20)4-6-17(13)19/h1-9H,10H2. The van der Waals surface area contributed by atoms with Crippen LogP contribution in [0.15, 0.2) is 59.1 Å². The largest absolute Gasteiger partial charge is 0.489 e. The summed E-state index contributed by atoms with van der Waals surface area (Å²) in [5.74, 6) is 0.409. The zero-order chi connectivity index (χ0) is 14.8. The second kappa shape index (κ2) is 6.04. The second-order valence-electron chi connectivity index (χ2n) is 4.68. The molecule has 0 aliphatic rings. The van der Waals surface area contributed by atoms with Gasteiger partial charge in [0, 0.05) is 15.1 Å². The maximum absolute atomic E-state index is 13.2. The van der Waals surface area contributed by atoms with Crippen LogP contribution in [0.4, 0.5) is 4.39 Å². The van der Waals surface area contributed by atoms with Gasteiger partial charge in [-0.15, -0.1) is 0 Å². The van der Waals surface area contributed by atoms with Crippen LogP contribution in [-0.2, 0) is 6.61 Å². The normalized spacial score (nSPS) is 10.8. The van der Waals surface area contributed by atoms with E-state index < -0.39 is 0 Å². The lowest BCUT2D eigenvalue weighted by Crippen LogP contribution is -1.97. The molecule has 106 valence electrons. The van der Waals surface area contributed by atoms with Crippen molar-refractivity contribution in [2.24, 2.45) is 0 Å². The molecule has 0 aliphatic carbocycles. The molecule has 0 aliphatic heterocycles. The summed E-state index contributed by atoms with van der Waals surface area (Å²) in [6.07, 6.45) is 0. The maximum Gasteiger partial charge on any atom is 0.123 e. The minimum Gasteiger partial charge on any atom is -0.489 e. The van der Waals surface area contributed by atoms with Crippen molar-refractivity contribution in [1.29, 1.82) is 0 Å². The number of benzene rings is 3. The Balaban J connectivity index is 1.82. The molecule has 0 fully saturated rings. The minimum atomic E-state index is -0.318. The van der Waals surface area contributed by atoms with Crippen LogP contribution < -0.4 is 4.74 Å². The van der Waals surface area contributed by atoms with Crippen molar-refractivity contribution in [2.45, 2.75) is 6.61 Å². The van der Waals surface area contributed by atoms with Crippen molar-refractivity contribution in [1.82, 2.24) is 0 Å². The highest BCUT2D eigenvalue weighted by molar-refractivity contribution is 9.10. The van der Waals surface area contributed by atoms with Gasteiger partial charge in [0.15, 0.2) is 0 Å². The van der Waals surface area contributed by atoms with Gasteiger partial charge in [0.2, 0.25) is 0 Å². The smallest absolute Gasteiger partial charge is 0.123 e. The van der Waals surface area contributed by atoms with E-state index in [9.17, 15) is 4.39 Å². The molecule has 0 saturated carbocycles. The average molecular weight is 366 g/mol. The molecule has 3 aromatic carbocycles. The molecule has 1 nitrogen and oxygen atoms in total. The van der Waals surface area contributed by atoms with Crippen molar-refractivity contribution in [3.8, 4) is 5.75 Å². The Morgan fingerprint density at radius 3 is 2.57 bits per heavy atom. The Labute approximate surface area is 135 Å². The molecular formula is C17H11BrClFO. The van der Waals surface area contributed by atoms with Crippen molar-refractivity contribution in [2.75, 3.05) is 0 Å². The molecular weight excluding hydrogens is 355 g/mol. The zero-order valence-corrected chi connectivity index (χ0v) is 13.3. The molecule has 0 N–H and O–H groups in total. The van der Waals surface area contributed by atoms with E-state index in [2.05, 4.69) is 15.9 Å². The van der Waals surface area contributed by atoms with Gasteiger partial charge in [-0.1, -0.05) is 39.7 Å². The lowest BCUT2D eigenvalue weighted by atomic mass is 10.1. The first kappa shape index (κ1) is 14.4. The third-order valence-electron chi connectivity index (χ3n) is 3.18. The summed E-state index contributed by atoms with van der Waals surface area (Å²) in [5, 5.41) is 2.71. The lowest BCUT2D eigenvalue weighted by molar-refractivity contribution is 0.306. The number of halogens is 3. The highest BCUT2D eigenvalue weighted by Crippen LogP contribution is 2.25. The summed E-state index contributed by atoms with van der Waals surface area (Å²) in [4.78, 5) is 0. The van der Waals surface area contributed by atoms with Gasteiger partial charge in [-0.3, -0.25) is 0 Å². The molecule has 4 heteroatoms. The van der Waals surface area contributed by atoms with Crippen molar-refractivity contribution in [3.63, 3.8) is 0 Å². The van der Waals surface area contributed by atoms with Gasteiger partial charge in [-0.2, -0.15) is 0 Å². The summed E-state index contributed by atoms with van der Waals surface area (Å²) in [6, 6.07) is 16.1. The SMILES string of the molecule is Fc1ccc(Cl)c(COc2ccc3cc(Br)ccc3c2)c1. The summed E-state index contributed by atoms with van der Waals surface area (Å²) < 4.78 is 19.9. The van der Waals surface area contributed by atoms with Crippen LogP contribution in [0.25, 0.3) is 10.8 Å². The molecule has 3 rings (SSSR count). The average Bonchev–Trinajstić information content (AvgIpc) is 2.48. The Hall–Kier alpha value is -1.58. The minimum absolute atomic E-state index is 0.235. The molecule has 0 aromatic heterocycles. The molecule has 0 radical (unpaired) electrons. The molecule has 0 heterocycles. The van der Waals surface area contributed by atoms with E-state index in [0.29, 0.717) is 10.6 Å². The maximum atomic E-state index is 13.2. The van der Waals surface area contributed by atoms with Crippen LogP contribution in [0.5, 0.6) is 5.75 Å². The Morgan fingerprint density at radius 2 is 1.71 bits per heavy atom. The first-order valence-electron chi connectivity index (χ1n) is 6.38. The fourth-order valence-corrected chi connectivity index (χ4v) is 2.65. The van der Waals surface area contributed by atoms with Gasteiger partial charge >= 0.3 is 0 Å². The quantitative estimate of drug-likeness (QED) is 0.555. The summed E-state index contributed by atoms with van der Waals surface area (Å²) in [7, 11) is 0. The summed E-state index contributed by atoms with van der Waals surface area (Å²) in [5.41, 5.74) is 0.632. The van der Waals surface area contributed by atoms with Gasteiger partial charge in [-0.25, -0.2) is 4.39 Å². The molecule has 0 atom stereocenters. The van der Waals surface area contributed by atoms with Gasteiger partial charge in [0.1, 0.15) is 18.2 Å². The van der Waals surface area contributed by atoms with Crippen LogP contribution >= 0.6 is 27.5 Å². The van der Waals surface area contributed by atoms with E-state index in [1.807, 2.05) is 36.4 Å². The third kappa shape index (κ3) is 3.36. The highest BCUT2D eigenvalue weighted by atomic mass is 79.9. The monoisotopic (exact) mass is 364 g/mol. The number of hydrogen-bond acceptors (Lipinski definition) is 1. The second-order valence-corrected chi connectivity index (χ2v) is 6.00. The van der Waals surface area contributed by atoms with Crippen LogP contribution in [0.1, 0.15) is 5.56 Å². The number of hydrogen-bond donors (Lipinski definition) is 0. The van der Waals surface area contributed by atoms with E-state index in [0.717, 1.165) is 21.0 Å². The first-order chi connectivity index (χ1) is 10.1. The molecule has 0 spiro atoms. The van der Waals surface area contributed by atoms with E-state index in [1.54, 1.807) is 0 Å². The summed E-state index contributed by atoms with van der Waals surface area (Å²) >= 11 is 9.47. The molecule has 0 saturated heterocycles. The van der Waals surface area contributed by atoms with Crippen molar-refractivity contribution in [3.05, 3.63) is 75.5 Å². The number of rotatable bonds is 3. The summed E-state index contributed by atoms with van der Waals surface area (Å²) in [6.45, 7) is 0.235. The van der Waals surface area contributed by atoms with Gasteiger partial charge in [0.25, 0.3) is 0 Å². The van der Waals surface area contributed by atoms with Gasteiger partial charge in [0.05, 0.1) is 0 Å². The van der Waals surface area contributed by atoms with E-state index in [-0.39, 0.29) is 12.4 Å². The van der Waals surface area contributed by atoms with E-state index >= 15 is 0 Å². The highest BCUT2D eigenvalue weighted by Gasteiger charge is 2.04. The number of fused-ring (bicyclic) bond motifs is 1. The van der Waals surface area contributed by atoms with Crippen molar-refractivity contribution >= 4 is 38.3 Å². The molecule has 0 bridgehead atoms. The predicted octanol–water partition coefficient (Wildman–Crippen LogP) is 5.97. The topological polar surface area (TPSA) is 9.23 Å². The fourth-order valence-electron chi connectivity index (χ4n) is 2.10. The van der Waals surface area contributed by atoms with Gasteiger partial charge in [-0.05, 0) is 53.2 Å². The Morgan fingerprint density at radius 1 is 0.952 bits per heavy atom. The first-order valence-corrected chi connectivity index (χ1v) is 7.55. The van der Waals surface area contributed by atoms with Crippen LogP contribution in [0, 0.1) is 5.82 Å². The van der Waals surface area contributed by atoms with Crippen molar-refractivity contribution < 1.29 is 9.13 Å². The van der Waals surface area contributed by atoms with Crippen LogP contribution in [0.2, 0.25) is 5.02 Å². The third-order valence-corrected chi connectivity index (χ3v) is 4.04. The van der Waals surface area contributed by atoms with Crippen LogP contribution in [0.3, 0.4) is 0 Å². The predicted molar refractivity (Wildman–Crippen MR) is 87.4 cm³/mol.